The lowest BCUT2D eigenvalue weighted by Gasteiger charge is -2.51. The lowest BCUT2D eigenvalue weighted by Crippen LogP contribution is -2.65. The van der Waals surface area contributed by atoms with E-state index in [0.717, 1.165) is 25.7 Å². The van der Waals surface area contributed by atoms with Crippen LogP contribution >= 0.6 is 0 Å². The van der Waals surface area contributed by atoms with Gasteiger partial charge < -0.3 is 32.7 Å². The fourth-order valence-electron chi connectivity index (χ4n) is 6.87. The van der Waals surface area contributed by atoms with E-state index in [1.807, 2.05) is 6.92 Å². The van der Waals surface area contributed by atoms with Gasteiger partial charge in [0, 0.05) is 30.3 Å². The molecular formula is C28H47N7O5. The maximum Gasteiger partial charge on any atom is 0.240 e. The van der Waals surface area contributed by atoms with E-state index < -0.39 is 41.2 Å². The van der Waals surface area contributed by atoms with Gasteiger partial charge >= 0.3 is 0 Å². The summed E-state index contributed by atoms with van der Waals surface area (Å²) in [6.45, 7) is 4.78. The lowest BCUT2D eigenvalue weighted by molar-refractivity contribution is -0.160. The average molecular weight is 562 g/mol. The first-order valence-electron chi connectivity index (χ1n) is 14.8. The number of primary amides is 1. The molecule has 12 nitrogen and oxygen atoms in total. The van der Waals surface area contributed by atoms with Crippen LogP contribution in [-0.2, 0) is 24.0 Å². The molecule has 0 aromatic heterocycles. The summed E-state index contributed by atoms with van der Waals surface area (Å²) in [5.74, 6) is -3.57. The molecule has 2 saturated heterocycles. The van der Waals surface area contributed by atoms with Crippen LogP contribution in [0.25, 0.3) is 0 Å². The molecule has 1 spiro atoms. The summed E-state index contributed by atoms with van der Waals surface area (Å²) < 4.78 is 0. The van der Waals surface area contributed by atoms with Gasteiger partial charge in [0.15, 0.2) is 11.7 Å². The first-order valence-corrected chi connectivity index (χ1v) is 14.8. The molecule has 2 aliphatic heterocycles. The standard InChI is InChI=1S/C28H47N7O5/c1-3-5-8-17-16(22(36)21-15-33-19(10-6-4-2)26(40)35-21)11-12-28(23(17)37)14-20(24(29)38)34-25(39)18(28)9-7-13-32-27(30)31/h16-21,33H,3-15H2,1-2H3,(H2,29,38)(H,34,39)(H,35,40)(H4,30,31,32)/t16?,17-,18+,19+,20-,21-,28?/m1/s1. The quantitative estimate of drug-likeness (QED) is 0.0937. The number of unbranched alkanes of at least 4 members (excludes halogenated alkanes) is 2. The molecule has 0 bridgehead atoms. The van der Waals surface area contributed by atoms with Crippen LogP contribution in [0.15, 0.2) is 0 Å². The fourth-order valence-corrected chi connectivity index (χ4v) is 6.87. The highest BCUT2D eigenvalue weighted by Crippen LogP contribution is 2.52. The molecule has 3 amide bonds. The van der Waals surface area contributed by atoms with Crippen molar-refractivity contribution in [3.8, 4) is 0 Å². The first-order chi connectivity index (χ1) is 19.0. The Morgan fingerprint density at radius 3 is 2.27 bits per heavy atom. The number of amides is 3. The van der Waals surface area contributed by atoms with Crippen LogP contribution in [0.4, 0.5) is 0 Å². The van der Waals surface area contributed by atoms with Crippen molar-refractivity contribution >= 4 is 35.2 Å². The zero-order valence-corrected chi connectivity index (χ0v) is 23.9. The van der Waals surface area contributed by atoms with Gasteiger partial charge in [-0.1, -0.05) is 39.5 Å². The van der Waals surface area contributed by atoms with Crippen molar-refractivity contribution < 1.29 is 24.0 Å². The Bertz CT molecular complexity index is 988. The third-order valence-electron chi connectivity index (χ3n) is 9.04. The molecule has 3 aliphatic rings. The van der Waals surface area contributed by atoms with Gasteiger partial charge in [0.25, 0.3) is 0 Å². The van der Waals surface area contributed by atoms with E-state index in [4.69, 9.17) is 16.9 Å². The van der Waals surface area contributed by atoms with Crippen LogP contribution in [-0.4, -0.2) is 66.5 Å². The number of rotatable bonds is 13. The highest BCUT2D eigenvalue weighted by Gasteiger charge is 2.59. The van der Waals surface area contributed by atoms with Crippen molar-refractivity contribution in [1.29, 1.82) is 5.41 Å². The maximum absolute atomic E-state index is 14.4. The second-order valence-corrected chi connectivity index (χ2v) is 11.7. The minimum Gasteiger partial charge on any atom is -0.370 e. The van der Waals surface area contributed by atoms with Crippen LogP contribution in [0.3, 0.4) is 0 Å². The van der Waals surface area contributed by atoms with Crippen LogP contribution in [0.2, 0.25) is 0 Å². The Hall–Kier alpha value is -3.02. The van der Waals surface area contributed by atoms with Gasteiger partial charge in [0.05, 0.1) is 12.0 Å². The number of guanidine groups is 1. The van der Waals surface area contributed by atoms with E-state index in [1.54, 1.807) is 0 Å². The summed E-state index contributed by atoms with van der Waals surface area (Å²) in [5, 5.41) is 18.9. The van der Waals surface area contributed by atoms with Crippen LogP contribution < -0.4 is 32.7 Å². The number of carbonyl (C=O) groups excluding carboxylic acids is 5. The van der Waals surface area contributed by atoms with Gasteiger partial charge in [0.1, 0.15) is 17.9 Å². The predicted molar refractivity (Wildman–Crippen MR) is 150 cm³/mol. The maximum atomic E-state index is 14.4. The number of nitrogens with one attached hydrogen (secondary N) is 5. The summed E-state index contributed by atoms with van der Waals surface area (Å²) in [6.07, 6.45) is 6.33. The number of hydrogen-bond acceptors (Lipinski definition) is 7. The number of carbonyl (C=O) groups is 5. The summed E-state index contributed by atoms with van der Waals surface area (Å²) in [7, 11) is 0. The minimum absolute atomic E-state index is 0.113. The van der Waals surface area contributed by atoms with E-state index >= 15 is 0 Å². The van der Waals surface area contributed by atoms with E-state index in [0.29, 0.717) is 51.6 Å². The number of piperazine rings is 1. The zero-order valence-electron chi connectivity index (χ0n) is 23.9. The highest BCUT2D eigenvalue weighted by atomic mass is 16.2. The largest absolute Gasteiger partial charge is 0.370 e. The smallest absolute Gasteiger partial charge is 0.240 e. The second-order valence-electron chi connectivity index (χ2n) is 11.7. The number of ketones is 2. The van der Waals surface area contributed by atoms with Gasteiger partial charge in [0.2, 0.25) is 17.7 Å². The number of Topliss-reactive ketones (excluding diaryl/α,β-unsaturated/α-hetero) is 2. The molecule has 9 N–H and O–H groups in total. The van der Waals surface area contributed by atoms with Crippen LogP contribution in [0.1, 0.15) is 84.5 Å². The molecular weight excluding hydrogens is 514 g/mol. The second kappa shape index (κ2) is 14.0. The van der Waals surface area contributed by atoms with Gasteiger partial charge in [-0.25, -0.2) is 0 Å². The molecule has 2 unspecified atom stereocenters. The van der Waals surface area contributed by atoms with Gasteiger partial charge in [-0.3, -0.25) is 29.4 Å². The van der Waals surface area contributed by atoms with Crippen molar-refractivity contribution in [3.05, 3.63) is 0 Å². The van der Waals surface area contributed by atoms with Crippen LogP contribution in [0.5, 0.6) is 0 Å². The fraction of sp³-hybridized carbons (Fsp3) is 0.786. The highest BCUT2D eigenvalue weighted by molar-refractivity contribution is 6.02. The molecule has 1 aliphatic carbocycles. The van der Waals surface area contributed by atoms with Crippen molar-refractivity contribution in [2.45, 2.75) is 103 Å². The Balaban J connectivity index is 1.84. The molecule has 40 heavy (non-hydrogen) atoms. The molecule has 1 saturated carbocycles. The minimum atomic E-state index is -1.10. The average Bonchev–Trinajstić information content (AvgIpc) is 2.91. The first kappa shape index (κ1) is 31.5. The Kier molecular flexibility index (Phi) is 11.1. The molecule has 3 fully saturated rings. The van der Waals surface area contributed by atoms with E-state index in [-0.39, 0.29) is 41.8 Å². The summed E-state index contributed by atoms with van der Waals surface area (Å²) in [6, 6.07) is -1.98. The molecule has 3 rings (SSSR count). The van der Waals surface area contributed by atoms with Crippen molar-refractivity contribution in [3.63, 3.8) is 0 Å². The normalized spacial score (nSPS) is 32.3. The summed E-state index contributed by atoms with van der Waals surface area (Å²) >= 11 is 0. The lowest BCUT2D eigenvalue weighted by atomic mass is 9.53. The SMILES string of the molecule is CCCC[C@@H]1NC[C@H](C(=O)C2CCC3(C[C@H](C(N)=O)NC(=O)[C@@H]3CCCNC(=N)N)C(=O)[C@@H]2CCCC)NC1=O. The topological polar surface area (TPSA) is 209 Å². The number of piperidine rings is 1. The van der Waals surface area contributed by atoms with E-state index in [2.05, 4.69) is 28.2 Å². The molecule has 224 valence electrons. The molecule has 12 heteroatoms. The monoisotopic (exact) mass is 561 g/mol. The molecule has 0 aromatic rings. The number of hydrogen-bond donors (Lipinski definition) is 7. The van der Waals surface area contributed by atoms with Gasteiger partial charge in [-0.05, 0) is 44.9 Å². The van der Waals surface area contributed by atoms with Crippen molar-refractivity contribution in [2.75, 3.05) is 13.1 Å². The molecule has 7 atom stereocenters. The van der Waals surface area contributed by atoms with Crippen LogP contribution in [0, 0.1) is 28.6 Å². The Morgan fingerprint density at radius 2 is 1.65 bits per heavy atom. The zero-order chi connectivity index (χ0) is 29.4. The third kappa shape index (κ3) is 7.00. The summed E-state index contributed by atoms with van der Waals surface area (Å²) in [4.78, 5) is 66.4. The Labute approximate surface area is 236 Å². The predicted octanol–water partition coefficient (Wildman–Crippen LogP) is 0.227. The molecule has 0 aromatic carbocycles. The Morgan fingerprint density at radius 1 is 0.975 bits per heavy atom. The molecule has 0 radical (unpaired) electrons. The summed E-state index contributed by atoms with van der Waals surface area (Å²) in [5.41, 5.74) is 9.87. The van der Waals surface area contributed by atoms with Gasteiger partial charge in [-0.2, -0.15) is 0 Å². The van der Waals surface area contributed by atoms with Gasteiger partial charge in [-0.15, -0.1) is 0 Å². The van der Waals surface area contributed by atoms with E-state index in [1.165, 1.54) is 0 Å². The molecule has 2 heterocycles. The van der Waals surface area contributed by atoms with E-state index in [9.17, 15) is 24.0 Å². The number of nitrogens with two attached hydrogens (primary N) is 2. The third-order valence-corrected chi connectivity index (χ3v) is 9.04. The van der Waals surface area contributed by atoms with Crippen molar-refractivity contribution in [1.82, 2.24) is 21.3 Å². The van der Waals surface area contributed by atoms with Crippen molar-refractivity contribution in [2.24, 2.45) is 34.6 Å².